The maximum absolute atomic E-state index is 5.98. The van der Waals surface area contributed by atoms with E-state index in [1.54, 1.807) is 0 Å². The second-order valence-corrected chi connectivity index (χ2v) is 6.52. The third-order valence-electron chi connectivity index (χ3n) is 4.48. The predicted octanol–water partition coefficient (Wildman–Crippen LogP) is 3.58. The third-order valence-corrected chi connectivity index (χ3v) is 4.72. The Balaban J connectivity index is 1.85. The molecule has 0 amide bonds. The van der Waals surface area contributed by atoms with Crippen molar-refractivity contribution in [3.8, 4) is 0 Å². The van der Waals surface area contributed by atoms with Crippen molar-refractivity contribution in [2.75, 3.05) is 0 Å². The van der Waals surface area contributed by atoms with Gasteiger partial charge in [0.1, 0.15) is 11.6 Å². The van der Waals surface area contributed by atoms with E-state index < -0.39 is 0 Å². The van der Waals surface area contributed by atoms with Crippen LogP contribution in [0.4, 0.5) is 0 Å². The molecule has 0 aromatic carbocycles. The lowest BCUT2D eigenvalue weighted by molar-refractivity contribution is 0.480. The summed E-state index contributed by atoms with van der Waals surface area (Å²) in [5.41, 5.74) is 0. The Kier molecular flexibility index (Phi) is 3.35. The Morgan fingerprint density at radius 1 is 1.22 bits per heavy atom. The zero-order chi connectivity index (χ0) is 12.7. The minimum atomic E-state index is 0.474. The van der Waals surface area contributed by atoms with Gasteiger partial charge in [-0.05, 0) is 30.6 Å². The first kappa shape index (κ1) is 12.5. The van der Waals surface area contributed by atoms with Crippen molar-refractivity contribution in [2.45, 2.75) is 57.9 Å². The van der Waals surface area contributed by atoms with Gasteiger partial charge < -0.3 is 4.57 Å². The van der Waals surface area contributed by atoms with Crippen LogP contribution in [0.5, 0.6) is 0 Å². The van der Waals surface area contributed by atoms with E-state index in [9.17, 15) is 0 Å². The second-order valence-electron chi connectivity index (χ2n) is 6.25. The summed E-state index contributed by atoms with van der Waals surface area (Å²) in [5.74, 6) is 5.70. The van der Waals surface area contributed by atoms with E-state index in [4.69, 9.17) is 11.6 Å². The highest BCUT2D eigenvalue weighted by atomic mass is 35.5. The molecule has 0 aliphatic heterocycles. The van der Waals surface area contributed by atoms with Gasteiger partial charge >= 0.3 is 0 Å². The maximum Gasteiger partial charge on any atom is 0.147 e. The van der Waals surface area contributed by atoms with Crippen molar-refractivity contribution >= 4 is 11.6 Å². The van der Waals surface area contributed by atoms with Gasteiger partial charge in [0.05, 0.1) is 5.88 Å². The summed E-state index contributed by atoms with van der Waals surface area (Å²) in [4.78, 5) is 0. The predicted molar refractivity (Wildman–Crippen MR) is 72.6 cm³/mol. The first-order valence-electron chi connectivity index (χ1n) is 7.20. The Hall–Kier alpha value is -0.570. The molecule has 3 nitrogen and oxygen atoms in total. The molecule has 2 atom stereocenters. The molecule has 0 saturated heterocycles. The molecule has 0 bridgehead atoms. The van der Waals surface area contributed by atoms with Gasteiger partial charge in [0.2, 0.25) is 0 Å². The quantitative estimate of drug-likeness (QED) is 0.781. The van der Waals surface area contributed by atoms with Crippen molar-refractivity contribution in [1.29, 1.82) is 0 Å². The molecule has 2 fully saturated rings. The molecule has 18 heavy (non-hydrogen) atoms. The summed E-state index contributed by atoms with van der Waals surface area (Å²) >= 11 is 5.98. The lowest BCUT2D eigenvalue weighted by Crippen LogP contribution is -2.11. The van der Waals surface area contributed by atoms with Crippen LogP contribution >= 0.6 is 11.6 Å². The highest BCUT2D eigenvalue weighted by molar-refractivity contribution is 6.16. The Morgan fingerprint density at radius 3 is 2.44 bits per heavy atom. The molecule has 0 radical (unpaired) electrons. The SMILES string of the molecule is CC(C)Cn1c(CCl)nnc1C1C2CCCCC21. The fourth-order valence-electron chi connectivity index (χ4n) is 3.63. The van der Waals surface area contributed by atoms with Gasteiger partial charge in [-0.2, -0.15) is 0 Å². The largest absolute Gasteiger partial charge is 0.313 e. The molecule has 0 N–H and O–H groups in total. The fourth-order valence-corrected chi connectivity index (χ4v) is 3.83. The van der Waals surface area contributed by atoms with E-state index in [1.165, 1.54) is 31.5 Å². The van der Waals surface area contributed by atoms with E-state index >= 15 is 0 Å². The third kappa shape index (κ3) is 2.07. The topological polar surface area (TPSA) is 30.7 Å². The number of nitrogens with zero attached hydrogens (tertiary/aromatic N) is 3. The molecule has 0 spiro atoms. The molecule has 100 valence electrons. The highest BCUT2D eigenvalue weighted by Gasteiger charge is 2.53. The monoisotopic (exact) mass is 267 g/mol. The number of alkyl halides is 1. The van der Waals surface area contributed by atoms with Crippen LogP contribution in [-0.4, -0.2) is 14.8 Å². The van der Waals surface area contributed by atoms with Crippen molar-refractivity contribution in [2.24, 2.45) is 17.8 Å². The van der Waals surface area contributed by atoms with Crippen LogP contribution in [0.25, 0.3) is 0 Å². The molecule has 1 heterocycles. The number of rotatable bonds is 4. The molecule has 4 heteroatoms. The van der Waals surface area contributed by atoms with Gasteiger partial charge in [-0.1, -0.05) is 26.7 Å². The lowest BCUT2D eigenvalue weighted by atomic mass is 10.0. The summed E-state index contributed by atoms with van der Waals surface area (Å²) in [7, 11) is 0. The van der Waals surface area contributed by atoms with Crippen LogP contribution < -0.4 is 0 Å². The highest BCUT2D eigenvalue weighted by Crippen LogP contribution is 2.60. The van der Waals surface area contributed by atoms with Gasteiger partial charge in [-0.25, -0.2) is 0 Å². The number of fused-ring (bicyclic) bond motifs is 1. The summed E-state index contributed by atoms with van der Waals surface area (Å²) in [5, 5.41) is 8.74. The molecule has 2 aliphatic rings. The van der Waals surface area contributed by atoms with Crippen LogP contribution in [0.3, 0.4) is 0 Å². The molecule has 2 saturated carbocycles. The zero-order valence-electron chi connectivity index (χ0n) is 11.3. The lowest BCUT2D eigenvalue weighted by Gasteiger charge is -2.11. The zero-order valence-corrected chi connectivity index (χ0v) is 12.0. The summed E-state index contributed by atoms with van der Waals surface area (Å²) in [6.07, 6.45) is 5.58. The Bertz CT molecular complexity index is 415. The normalized spacial score (nSPS) is 30.6. The molecule has 1 aromatic heterocycles. The molecule has 3 rings (SSSR count). The first-order valence-corrected chi connectivity index (χ1v) is 7.73. The smallest absolute Gasteiger partial charge is 0.147 e. The summed E-state index contributed by atoms with van der Waals surface area (Å²) in [6, 6.07) is 0. The van der Waals surface area contributed by atoms with E-state index in [-0.39, 0.29) is 0 Å². The van der Waals surface area contributed by atoms with Gasteiger partial charge in [-0.3, -0.25) is 0 Å². The van der Waals surface area contributed by atoms with Gasteiger partial charge in [0.15, 0.2) is 0 Å². The van der Waals surface area contributed by atoms with Crippen LogP contribution in [0, 0.1) is 17.8 Å². The standard InChI is InChI=1S/C14H22ClN3/c1-9(2)8-18-12(7-15)16-17-14(18)13-10-5-3-4-6-11(10)13/h9-11,13H,3-8H2,1-2H3. The van der Waals surface area contributed by atoms with Crippen molar-refractivity contribution in [3.63, 3.8) is 0 Å². The van der Waals surface area contributed by atoms with E-state index in [2.05, 4.69) is 28.6 Å². The average Bonchev–Trinajstić information content (AvgIpc) is 2.95. The van der Waals surface area contributed by atoms with Crippen LogP contribution in [0.1, 0.15) is 57.1 Å². The molecule has 1 aromatic rings. The van der Waals surface area contributed by atoms with Crippen LogP contribution in [-0.2, 0) is 12.4 Å². The van der Waals surface area contributed by atoms with Crippen LogP contribution in [0.15, 0.2) is 0 Å². The van der Waals surface area contributed by atoms with E-state index in [0.717, 1.165) is 24.2 Å². The average molecular weight is 268 g/mol. The van der Waals surface area contributed by atoms with Crippen LogP contribution in [0.2, 0.25) is 0 Å². The van der Waals surface area contributed by atoms with E-state index in [1.807, 2.05) is 0 Å². The van der Waals surface area contributed by atoms with Crippen molar-refractivity contribution in [3.05, 3.63) is 11.6 Å². The summed E-state index contributed by atoms with van der Waals surface area (Å²) < 4.78 is 2.29. The van der Waals surface area contributed by atoms with Gasteiger partial charge in [0.25, 0.3) is 0 Å². The molecular weight excluding hydrogens is 246 g/mol. The molecular formula is C14H22ClN3. The number of halogens is 1. The number of hydrogen-bond donors (Lipinski definition) is 0. The van der Waals surface area contributed by atoms with Crippen molar-refractivity contribution < 1.29 is 0 Å². The van der Waals surface area contributed by atoms with E-state index in [0.29, 0.717) is 17.7 Å². The number of hydrogen-bond acceptors (Lipinski definition) is 2. The fraction of sp³-hybridized carbons (Fsp3) is 0.857. The second kappa shape index (κ2) is 4.84. The molecule has 2 aliphatic carbocycles. The minimum Gasteiger partial charge on any atom is -0.313 e. The number of aromatic nitrogens is 3. The summed E-state index contributed by atoms with van der Waals surface area (Å²) in [6.45, 7) is 5.48. The molecule has 2 unspecified atom stereocenters. The maximum atomic E-state index is 5.98. The Morgan fingerprint density at radius 2 is 1.89 bits per heavy atom. The van der Waals surface area contributed by atoms with Gasteiger partial charge in [-0.15, -0.1) is 21.8 Å². The van der Waals surface area contributed by atoms with Crippen molar-refractivity contribution in [1.82, 2.24) is 14.8 Å². The minimum absolute atomic E-state index is 0.474. The Labute approximate surface area is 114 Å². The van der Waals surface area contributed by atoms with Gasteiger partial charge in [0, 0.05) is 12.5 Å². The first-order chi connectivity index (χ1) is 8.72.